The van der Waals surface area contributed by atoms with Crippen LogP contribution in [0.4, 0.5) is 8.78 Å². The minimum atomic E-state index is -1.34. The Bertz CT molecular complexity index is 481. The molecule has 0 amide bonds. The SMILES string of the molecule is CCCCC(F)[C@H](O)/C=C/[C@@H]1[C@@H](C/C=C\CCCC(=O)OC)[C@H](F)C[C@H]1O. The van der Waals surface area contributed by atoms with Crippen LogP contribution in [0.2, 0.25) is 0 Å². The molecular formula is C21H34F2O4. The second kappa shape index (κ2) is 13.0. The Kier molecular flexibility index (Phi) is 11.4. The molecule has 1 aliphatic carbocycles. The van der Waals surface area contributed by atoms with E-state index in [9.17, 15) is 23.8 Å². The number of unbranched alkanes of at least 4 members (excludes halogenated alkanes) is 2. The van der Waals surface area contributed by atoms with Gasteiger partial charge >= 0.3 is 5.97 Å². The predicted molar refractivity (Wildman–Crippen MR) is 102 cm³/mol. The lowest BCUT2D eigenvalue weighted by atomic mass is 9.89. The maximum Gasteiger partial charge on any atom is 0.305 e. The topological polar surface area (TPSA) is 66.8 Å². The molecule has 4 nitrogen and oxygen atoms in total. The Balaban J connectivity index is 2.51. The van der Waals surface area contributed by atoms with Crippen molar-refractivity contribution in [2.24, 2.45) is 11.8 Å². The van der Waals surface area contributed by atoms with Gasteiger partial charge in [0.1, 0.15) is 18.4 Å². The summed E-state index contributed by atoms with van der Waals surface area (Å²) in [6.07, 6.45) is 6.25. The van der Waals surface area contributed by atoms with Gasteiger partial charge in [0.25, 0.3) is 0 Å². The first-order valence-corrected chi connectivity index (χ1v) is 9.95. The van der Waals surface area contributed by atoms with Crippen molar-refractivity contribution in [2.45, 2.75) is 82.8 Å². The van der Waals surface area contributed by atoms with Gasteiger partial charge in [0, 0.05) is 24.7 Å². The van der Waals surface area contributed by atoms with Gasteiger partial charge in [-0.25, -0.2) is 8.78 Å². The molecular weight excluding hydrogens is 354 g/mol. The van der Waals surface area contributed by atoms with E-state index >= 15 is 0 Å². The summed E-state index contributed by atoms with van der Waals surface area (Å²) in [7, 11) is 1.35. The molecule has 0 heterocycles. The zero-order valence-electron chi connectivity index (χ0n) is 16.4. The summed E-state index contributed by atoms with van der Waals surface area (Å²) in [5, 5.41) is 20.0. The highest BCUT2D eigenvalue weighted by Crippen LogP contribution is 2.38. The van der Waals surface area contributed by atoms with E-state index in [0.717, 1.165) is 6.42 Å². The lowest BCUT2D eigenvalue weighted by Gasteiger charge is -2.19. The number of methoxy groups -OCH3 is 1. The summed E-state index contributed by atoms with van der Waals surface area (Å²) in [6, 6.07) is 0. The zero-order valence-corrected chi connectivity index (χ0v) is 16.4. The summed E-state index contributed by atoms with van der Waals surface area (Å²) < 4.78 is 32.7. The number of allylic oxidation sites excluding steroid dienone is 2. The highest BCUT2D eigenvalue weighted by atomic mass is 19.1. The van der Waals surface area contributed by atoms with Crippen LogP contribution in [-0.2, 0) is 9.53 Å². The first kappa shape index (κ1) is 23.8. The van der Waals surface area contributed by atoms with Crippen LogP contribution in [0.15, 0.2) is 24.3 Å². The second-order valence-electron chi connectivity index (χ2n) is 7.27. The third-order valence-corrected chi connectivity index (χ3v) is 5.16. The van der Waals surface area contributed by atoms with E-state index in [1.54, 1.807) is 6.08 Å². The molecule has 0 aromatic carbocycles. The normalized spacial score (nSPS) is 28.1. The van der Waals surface area contributed by atoms with Gasteiger partial charge in [0.05, 0.1) is 13.2 Å². The van der Waals surface area contributed by atoms with Crippen molar-refractivity contribution in [3.05, 3.63) is 24.3 Å². The standard InChI is InChI=1S/C21H34F2O4/c1-3-4-10-17(22)19(24)13-12-16-15(18(23)14-20(16)25)9-7-5-6-8-11-21(26)27-2/h5,7,12-13,15-20,24-25H,3-4,6,8-11,14H2,1-2H3/b7-5-,13-12+/t15-,16-,17?,18-,19-,20-/m1/s1. The number of alkyl halides is 2. The maximum atomic E-state index is 14.2. The van der Waals surface area contributed by atoms with Gasteiger partial charge in [-0.3, -0.25) is 4.79 Å². The van der Waals surface area contributed by atoms with Crippen molar-refractivity contribution in [3.63, 3.8) is 0 Å². The predicted octanol–water partition coefficient (Wildman–Crippen LogP) is 4.06. The molecule has 0 aliphatic heterocycles. The van der Waals surface area contributed by atoms with Crippen molar-refractivity contribution in [3.8, 4) is 0 Å². The van der Waals surface area contributed by atoms with Crippen LogP contribution in [-0.4, -0.2) is 47.8 Å². The fourth-order valence-electron chi connectivity index (χ4n) is 3.43. The Morgan fingerprint density at radius 1 is 1.33 bits per heavy atom. The first-order valence-electron chi connectivity index (χ1n) is 9.95. The highest BCUT2D eigenvalue weighted by Gasteiger charge is 2.40. The number of ether oxygens (including phenoxy) is 1. The number of carbonyl (C=O) groups is 1. The molecule has 2 N–H and O–H groups in total. The second-order valence-corrected chi connectivity index (χ2v) is 7.27. The van der Waals surface area contributed by atoms with Gasteiger partial charge in [-0.2, -0.15) is 0 Å². The number of hydrogen-bond acceptors (Lipinski definition) is 4. The van der Waals surface area contributed by atoms with Crippen molar-refractivity contribution < 1.29 is 28.5 Å². The van der Waals surface area contributed by atoms with E-state index in [-0.39, 0.29) is 12.4 Å². The third-order valence-electron chi connectivity index (χ3n) is 5.16. The quantitative estimate of drug-likeness (QED) is 0.301. The lowest BCUT2D eigenvalue weighted by Crippen LogP contribution is -2.22. The number of aliphatic hydroxyl groups is 2. The number of carbonyl (C=O) groups excluding carboxylic acids is 1. The van der Waals surface area contributed by atoms with E-state index in [1.165, 1.54) is 13.2 Å². The molecule has 0 spiro atoms. The summed E-state index contributed by atoms with van der Waals surface area (Å²) in [4.78, 5) is 11.0. The fraction of sp³-hybridized carbons (Fsp3) is 0.762. The smallest absolute Gasteiger partial charge is 0.305 e. The molecule has 6 heteroatoms. The van der Waals surface area contributed by atoms with Gasteiger partial charge in [-0.05, 0) is 25.7 Å². The Labute approximate surface area is 161 Å². The Morgan fingerprint density at radius 2 is 2.07 bits per heavy atom. The molecule has 1 saturated carbocycles. The molecule has 0 aromatic heterocycles. The van der Waals surface area contributed by atoms with Gasteiger partial charge in [-0.15, -0.1) is 0 Å². The molecule has 1 aliphatic rings. The average molecular weight is 388 g/mol. The minimum Gasteiger partial charge on any atom is -0.469 e. The van der Waals surface area contributed by atoms with Crippen molar-refractivity contribution in [2.75, 3.05) is 7.11 Å². The number of aliphatic hydroxyl groups excluding tert-OH is 2. The first-order chi connectivity index (χ1) is 12.9. The van der Waals surface area contributed by atoms with Gasteiger partial charge in [0.2, 0.25) is 0 Å². The van der Waals surface area contributed by atoms with Gasteiger partial charge in [0.15, 0.2) is 0 Å². The number of esters is 1. The van der Waals surface area contributed by atoms with Gasteiger partial charge in [-0.1, -0.05) is 44.1 Å². The van der Waals surface area contributed by atoms with Crippen molar-refractivity contribution in [1.82, 2.24) is 0 Å². The summed E-state index contributed by atoms with van der Waals surface area (Å²) in [5.74, 6) is -1.08. The molecule has 156 valence electrons. The monoisotopic (exact) mass is 388 g/mol. The lowest BCUT2D eigenvalue weighted by molar-refractivity contribution is -0.140. The number of hydrogen-bond donors (Lipinski definition) is 2. The van der Waals surface area contributed by atoms with Crippen LogP contribution in [0.1, 0.15) is 58.3 Å². The molecule has 0 bridgehead atoms. The van der Waals surface area contributed by atoms with Crippen LogP contribution >= 0.6 is 0 Å². The van der Waals surface area contributed by atoms with E-state index in [0.29, 0.717) is 38.5 Å². The fourth-order valence-corrected chi connectivity index (χ4v) is 3.43. The molecule has 1 rings (SSSR count). The Hall–Kier alpha value is -1.27. The highest BCUT2D eigenvalue weighted by molar-refractivity contribution is 5.69. The third kappa shape index (κ3) is 8.52. The van der Waals surface area contributed by atoms with Crippen LogP contribution in [0.25, 0.3) is 0 Å². The maximum absolute atomic E-state index is 14.2. The van der Waals surface area contributed by atoms with E-state index in [2.05, 4.69) is 4.74 Å². The van der Waals surface area contributed by atoms with Crippen LogP contribution in [0.3, 0.4) is 0 Å². The van der Waals surface area contributed by atoms with E-state index in [1.807, 2.05) is 19.1 Å². The average Bonchev–Trinajstić information content (AvgIpc) is 2.92. The van der Waals surface area contributed by atoms with Crippen molar-refractivity contribution in [1.29, 1.82) is 0 Å². The van der Waals surface area contributed by atoms with Crippen molar-refractivity contribution >= 4 is 5.97 Å². The van der Waals surface area contributed by atoms with E-state index in [4.69, 9.17) is 0 Å². The van der Waals surface area contributed by atoms with Gasteiger partial charge < -0.3 is 14.9 Å². The summed E-state index contributed by atoms with van der Waals surface area (Å²) in [6.45, 7) is 1.96. The zero-order chi connectivity index (χ0) is 20.2. The largest absolute Gasteiger partial charge is 0.469 e. The molecule has 0 saturated heterocycles. The molecule has 1 fully saturated rings. The van der Waals surface area contributed by atoms with Crippen LogP contribution in [0, 0.1) is 11.8 Å². The molecule has 27 heavy (non-hydrogen) atoms. The number of halogens is 2. The molecule has 0 aromatic rings. The molecule has 0 radical (unpaired) electrons. The van der Waals surface area contributed by atoms with Crippen LogP contribution < -0.4 is 0 Å². The molecule has 1 unspecified atom stereocenters. The Morgan fingerprint density at radius 3 is 2.74 bits per heavy atom. The summed E-state index contributed by atoms with van der Waals surface area (Å²) >= 11 is 0. The van der Waals surface area contributed by atoms with E-state index < -0.39 is 36.4 Å². The molecule has 6 atom stereocenters. The minimum absolute atomic E-state index is 0.0564. The summed E-state index contributed by atoms with van der Waals surface area (Å²) in [5.41, 5.74) is 0. The number of rotatable bonds is 12. The van der Waals surface area contributed by atoms with Crippen LogP contribution in [0.5, 0.6) is 0 Å².